The van der Waals surface area contributed by atoms with E-state index in [1.165, 1.54) is 12.1 Å². The molecule has 9 nitrogen and oxygen atoms in total. The molecule has 0 saturated heterocycles. The van der Waals surface area contributed by atoms with E-state index in [9.17, 15) is 17.8 Å². The Hall–Kier alpha value is -2.72. The molecule has 3 rings (SSSR count). The number of rotatable bonds is 11. The predicted octanol–water partition coefficient (Wildman–Crippen LogP) is 5.44. The zero-order valence-corrected chi connectivity index (χ0v) is 21.0. The van der Waals surface area contributed by atoms with Gasteiger partial charge < -0.3 is 15.0 Å². The molecule has 3 aromatic carbocycles. The van der Waals surface area contributed by atoms with E-state index in [4.69, 9.17) is 35.1 Å². The largest absolute Gasteiger partial charge is 0.549 e. The van der Waals surface area contributed by atoms with Gasteiger partial charge in [-0.2, -0.15) is 12.4 Å². The molecule has 0 spiro atoms. The van der Waals surface area contributed by atoms with Crippen molar-refractivity contribution in [3.63, 3.8) is 0 Å². The van der Waals surface area contributed by atoms with Gasteiger partial charge in [0.05, 0.1) is 11.3 Å². The Labute approximate surface area is 208 Å². The fourth-order valence-electron chi connectivity index (χ4n) is 2.68. The number of carbonyl (C=O) groups excluding carboxylic acids is 1. The number of phosphoric acid groups is 1. The number of halogens is 1. The molecule has 0 fully saturated rings. The second kappa shape index (κ2) is 11.8. The van der Waals surface area contributed by atoms with Gasteiger partial charge in [-0.1, -0.05) is 48.9 Å². The zero-order valence-electron chi connectivity index (χ0n) is 18.6. The van der Waals surface area contributed by atoms with Gasteiger partial charge >= 0.3 is 23.9 Å². The molecule has 2 unspecified atom stereocenters. The molecule has 0 bridgehead atoms. The minimum Gasteiger partial charge on any atom is -0.457 e. The van der Waals surface area contributed by atoms with Crippen LogP contribution < -0.4 is 10.5 Å². The normalized spacial score (nSPS) is 14.0. The van der Waals surface area contributed by atoms with Crippen molar-refractivity contribution >= 4 is 35.5 Å². The van der Waals surface area contributed by atoms with Crippen LogP contribution >= 0.6 is 19.4 Å². The topological polar surface area (TPSA) is 131 Å². The van der Waals surface area contributed by atoms with Gasteiger partial charge in [0.2, 0.25) is 0 Å². The van der Waals surface area contributed by atoms with Gasteiger partial charge in [0.15, 0.2) is 0 Å². The molecule has 12 heteroatoms. The summed E-state index contributed by atoms with van der Waals surface area (Å²) in [6.07, 6.45) is -1.40. The molecular formula is C23H23ClNO8PS. The maximum Gasteiger partial charge on any atom is 0.549 e. The average molecular weight is 540 g/mol. The van der Waals surface area contributed by atoms with Crippen molar-refractivity contribution < 1.29 is 35.5 Å². The highest BCUT2D eigenvalue weighted by molar-refractivity contribution is 7.90. The molecule has 3 aromatic rings. The Morgan fingerprint density at radius 1 is 0.971 bits per heavy atom. The predicted molar refractivity (Wildman–Crippen MR) is 129 cm³/mol. The van der Waals surface area contributed by atoms with Gasteiger partial charge in [0.1, 0.15) is 17.7 Å². The van der Waals surface area contributed by atoms with Crippen LogP contribution in [0.2, 0.25) is 5.02 Å². The summed E-state index contributed by atoms with van der Waals surface area (Å²) in [6, 6.07) is 20.5. The molecule has 186 valence electrons. The lowest BCUT2D eigenvalue weighted by Gasteiger charge is -2.20. The van der Waals surface area contributed by atoms with E-state index in [1.807, 2.05) is 18.2 Å². The summed E-state index contributed by atoms with van der Waals surface area (Å²) < 4.78 is 58.6. The maximum absolute atomic E-state index is 13.1. The number of carbonyl (C=O) groups is 1. The summed E-state index contributed by atoms with van der Waals surface area (Å²) in [5.41, 5.74) is 6.14. The summed E-state index contributed by atoms with van der Waals surface area (Å²) >= 11 is 5.77. The second-order valence-corrected chi connectivity index (χ2v) is 10.9. The smallest absolute Gasteiger partial charge is 0.457 e. The molecule has 0 aromatic heterocycles. The summed E-state index contributed by atoms with van der Waals surface area (Å²) in [6.45, 7) is 1.60. The first-order valence-corrected chi connectivity index (χ1v) is 13.6. The Bertz CT molecular complexity index is 1290. The Morgan fingerprint density at radius 2 is 1.57 bits per heavy atom. The second-order valence-electron chi connectivity index (χ2n) is 7.18. The van der Waals surface area contributed by atoms with Crippen LogP contribution in [-0.2, 0) is 38.9 Å². The van der Waals surface area contributed by atoms with Crippen LogP contribution in [0.25, 0.3) is 0 Å². The molecule has 0 saturated carbocycles. The molecule has 35 heavy (non-hydrogen) atoms. The van der Waals surface area contributed by atoms with Crippen molar-refractivity contribution in [1.29, 1.82) is 0 Å². The van der Waals surface area contributed by atoms with Crippen molar-refractivity contribution in [2.45, 2.75) is 30.9 Å². The summed E-state index contributed by atoms with van der Waals surface area (Å²) in [7, 11) is -9.60. The molecule has 0 aliphatic rings. The lowest BCUT2D eigenvalue weighted by molar-refractivity contribution is -0.135. The SMILES string of the molecule is CCC(N)OP(=O)(OC(=O)Cc1ccc(Oc2ccccc2)cc1)OS(=O)(=O)c1ccc(Cl)cc1. The summed E-state index contributed by atoms with van der Waals surface area (Å²) in [5.74, 6) is 0.136. The Morgan fingerprint density at radius 3 is 2.17 bits per heavy atom. The van der Waals surface area contributed by atoms with Crippen molar-refractivity contribution in [3.05, 3.63) is 89.4 Å². The first kappa shape index (κ1) is 26.9. The quantitative estimate of drug-likeness (QED) is 0.250. The van der Waals surface area contributed by atoms with Crippen LogP contribution in [0.1, 0.15) is 18.9 Å². The van der Waals surface area contributed by atoms with Crippen LogP contribution in [0.5, 0.6) is 11.5 Å². The monoisotopic (exact) mass is 539 g/mol. The minimum atomic E-state index is -4.96. The van der Waals surface area contributed by atoms with Crippen LogP contribution in [0.4, 0.5) is 0 Å². The van der Waals surface area contributed by atoms with Crippen LogP contribution in [-0.4, -0.2) is 20.6 Å². The average Bonchev–Trinajstić information content (AvgIpc) is 2.80. The maximum atomic E-state index is 13.1. The summed E-state index contributed by atoms with van der Waals surface area (Å²) in [5, 5.41) is 0.281. The number of phosphoric ester groups is 1. The molecule has 0 heterocycles. The minimum absolute atomic E-state index is 0.148. The molecule has 0 aliphatic carbocycles. The van der Waals surface area contributed by atoms with E-state index >= 15 is 0 Å². The first-order valence-electron chi connectivity index (χ1n) is 10.4. The van der Waals surface area contributed by atoms with Crippen molar-refractivity contribution in [2.75, 3.05) is 0 Å². The van der Waals surface area contributed by atoms with Crippen LogP contribution in [0.3, 0.4) is 0 Å². The van der Waals surface area contributed by atoms with Crippen LogP contribution in [0.15, 0.2) is 83.8 Å². The van der Waals surface area contributed by atoms with Crippen LogP contribution in [0, 0.1) is 0 Å². The highest BCUT2D eigenvalue weighted by atomic mass is 35.5. The summed E-state index contributed by atoms with van der Waals surface area (Å²) in [4.78, 5) is 12.1. The van der Waals surface area contributed by atoms with Gasteiger partial charge in [-0.05, 0) is 60.5 Å². The molecule has 0 amide bonds. The van der Waals surface area contributed by atoms with Gasteiger partial charge in [-0.3, -0.25) is 9.32 Å². The number of para-hydroxylation sites is 1. The molecule has 0 aliphatic heterocycles. The molecular weight excluding hydrogens is 517 g/mol. The van der Waals surface area contributed by atoms with Gasteiger partial charge in [-0.15, -0.1) is 0 Å². The van der Waals surface area contributed by atoms with E-state index < -0.39 is 30.1 Å². The molecule has 2 N–H and O–H groups in total. The highest BCUT2D eigenvalue weighted by Crippen LogP contribution is 2.53. The lowest BCUT2D eigenvalue weighted by atomic mass is 10.1. The molecule has 0 radical (unpaired) electrons. The van der Waals surface area contributed by atoms with E-state index in [-0.39, 0.29) is 22.8 Å². The van der Waals surface area contributed by atoms with Crippen molar-refractivity contribution in [1.82, 2.24) is 0 Å². The number of ether oxygens (including phenoxy) is 1. The van der Waals surface area contributed by atoms with Gasteiger partial charge in [0.25, 0.3) is 0 Å². The number of benzene rings is 3. The van der Waals surface area contributed by atoms with Crippen molar-refractivity contribution in [2.24, 2.45) is 5.73 Å². The number of hydrogen-bond acceptors (Lipinski definition) is 9. The first-order chi connectivity index (χ1) is 16.6. The van der Waals surface area contributed by atoms with Crippen molar-refractivity contribution in [3.8, 4) is 11.5 Å². The zero-order chi connectivity index (χ0) is 25.5. The number of nitrogens with two attached hydrogens (primary N) is 1. The highest BCUT2D eigenvalue weighted by Gasteiger charge is 2.40. The lowest BCUT2D eigenvalue weighted by Crippen LogP contribution is -2.24. The third-order valence-corrected chi connectivity index (χ3v) is 8.00. The van der Waals surface area contributed by atoms with E-state index in [2.05, 4.69) is 0 Å². The fourth-order valence-corrected chi connectivity index (χ4v) is 5.68. The third kappa shape index (κ3) is 8.17. The molecule has 2 atom stereocenters. The van der Waals surface area contributed by atoms with Gasteiger partial charge in [-0.25, -0.2) is 4.57 Å². The van der Waals surface area contributed by atoms with E-state index in [0.717, 1.165) is 12.1 Å². The Kier molecular flexibility index (Phi) is 9.07. The van der Waals surface area contributed by atoms with E-state index in [1.54, 1.807) is 43.3 Å². The third-order valence-electron chi connectivity index (χ3n) is 4.42. The standard InChI is InChI=1S/C23H23ClNO8PS/c1-2-22(25)31-34(27,33-35(28,29)21-14-10-18(24)11-15-21)32-23(26)16-17-8-12-20(13-9-17)30-19-6-4-3-5-7-19/h3-15,22H,2,16,25H2,1H3. The number of hydrogen-bond donors (Lipinski definition) is 1. The van der Waals surface area contributed by atoms with Gasteiger partial charge in [0, 0.05) is 5.02 Å². The Balaban J connectivity index is 1.70. The fraction of sp³-hybridized carbons (Fsp3) is 0.174. The van der Waals surface area contributed by atoms with E-state index in [0.29, 0.717) is 17.1 Å².